The molecule has 1 saturated heterocycles. The van der Waals surface area contributed by atoms with Gasteiger partial charge in [0, 0.05) is 18.8 Å². The fourth-order valence-electron chi connectivity index (χ4n) is 2.72. The molecule has 1 aromatic heterocycles. The van der Waals surface area contributed by atoms with Crippen molar-refractivity contribution in [3.05, 3.63) is 23.4 Å². The second kappa shape index (κ2) is 5.91. The molecule has 0 spiro atoms. The summed E-state index contributed by atoms with van der Waals surface area (Å²) >= 11 is 0. The third-order valence-corrected chi connectivity index (χ3v) is 4.13. The molecule has 3 nitrogen and oxygen atoms in total. The van der Waals surface area contributed by atoms with Gasteiger partial charge in [0.05, 0.1) is 6.61 Å². The minimum Gasteiger partial charge on any atom is -0.392 e. The summed E-state index contributed by atoms with van der Waals surface area (Å²) in [6.07, 6.45) is 4.63. The summed E-state index contributed by atoms with van der Waals surface area (Å²) in [5.41, 5.74) is 2.49. The Morgan fingerprint density at radius 3 is 2.74 bits per heavy atom. The summed E-state index contributed by atoms with van der Waals surface area (Å²) < 4.78 is 0. The minimum absolute atomic E-state index is 0.0991. The summed E-state index contributed by atoms with van der Waals surface area (Å²) in [6, 6.07) is 4.04. The van der Waals surface area contributed by atoms with Gasteiger partial charge in [-0.05, 0) is 48.8 Å². The van der Waals surface area contributed by atoms with Gasteiger partial charge in [-0.25, -0.2) is 4.98 Å². The average Bonchev–Trinajstić information content (AvgIpc) is 2.59. The molecule has 0 radical (unpaired) electrons. The summed E-state index contributed by atoms with van der Waals surface area (Å²) in [5, 5.41) is 9.37. The zero-order valence-electron chi connectivity index (χ0n) is 12.4. The molecule has 0 aromatic carbocycles. The fourth-order valence-corrected chi connectivity index (χ4v) is 2.72. The second-order valence-electron chi connectivity index (χ2n) is 6.34. The van der Waals surface area contributed by atoms with Crippen LogP contribution in [0.4, 0.5) is 5.82 Å². The zero-order valence-corrected chi connectivity index (χ0v) is 12.4. The van der Waals surface area contributed by atoms with E-state index in [2.05, 4.69) is 25.7 Å². The van der Waals surface area contributed by atoms with Crippen LogP contribution in [0, 0.1) is 5.41 Å². The molecular weight excluding hydrogens is 236 g/mol. The summed E-state index contributed by atoms with van der Waals surface area (Å²) in [5.74, 6) is 1.04. The molecule has 2 heterocycles. The van der Waals surface area contributed by atoms with Crippen LogP contribution in [0.1, 0.15) is 51.3 Å². The molecule has 1 aromatic rings. The highest BCUT2D eigenvalue weighted by Crippen LogP contribution is 2.31. The van der Waals surface area contributed by atoms with Gasteiger partial charge in [0.2, 0.25) is 0 Å². The van der Waals surface area contributed by atoms with E-state index in [0.717, 1.165) is 36.6 Å². The predicted octanol–water partition coefficient (Wildman–Crippen LogP) is 3.15. The first-order chi connectivity index (χ1) is 9.04. The topological polar surface area (TPSA) is 36.4 Å². The molecule has 1 fully saturated rings. The van der Waals surface area contributed by atoms with Crippen LogP contribution in [0.3, 0.4) is 0 Å². The number of rotatable bonds is 3. The van der Waals surface area contributed by atoms with Crippen LogP contribution in [0.2, 0.25) is 0 Å². The Bertz CT molecular complexity index is 407. The molecule has 1 aliphatic heterocycles. The van der Waals surface area contributed by atoms with Crippen molar-refractivity contribution in [3.8, 4) is 0 Å². The van der Waals surface area contributed by atoms with E-state index in [0.29, 0.717) is 5.41 Å². The zero-order chi connectivity index (χ0) is 13.9. The molecule has 0 saturated carbocycles. The molecule has 0 bridgehead atoms. The van der Waals surface area contributed by atoms with E-state index in [1.165, 1.54) is 19.3 Å². The number of aliphatic hydroxyl groups excluding tert-OH is 1. The van der Waals surface area contributed by atoms with Crippen molar-refractivity contribution >= 4 is 5.82 Å². The van der Waals surface area contributed by atoms with Crippen LogP contribution in [-0.2, 0) is 13.0 Å². The molecule has 0 unspecified atom stereocenters. The first-order valence-corrected chi connectivity index (χ1v) is 7.40. The van der Waals surface area contributed by atoms with E-state index in [9.17, 15) is 5.11 Å². The van der Waals surface area contributed by atoms with Crippen molar-refractivity contribution in [3.63, 3.8) is 0 Å². The molecule has 2 rings (SSSR count). The third kappa shape index (κ3) is 3.69. The Morgan fingerprint density at radius 2 is 2.05 bits per heavy atom. The lowest BCUT2D eigenvalue weighted by atomic mass is 9.85. The van der Waals surface area contributed by atoms with Crippen molar-refractivity contribution in [2.24, 2.45) is 5.41 Å². The Morgan fingerprint density at radius 1 is 1.26 bits per heavy atom. The van der Waals surface area contributed by atoms with Gasteiger partial charge in [0.25, 0.3) is 0 Å². The SMILES string of the molecule is CCc1cc(CO)cc(N2CCCC(C)(C)CC2)n1. The number of aromatic nitrogens is 1. The minimum atomic E-state index is 0.0991. The van der Waals surface area contributed by atoms with Gasteiger partial charge in [0.15, 0.2) is 0 Å². The largest absolute Gasteiger partial charge is 0.392 e. The summed E-state index contributed by atoms with van der Waals surface area (Å²) in [6.45, 7) is 9.06. The molecular formula is C16H26N2O. The van der Waals surface area contributed by atoms with Crippen molar-refractivity contribution in [2.45, 2.75) is 53.1 Å². The molecule has 0 amide bonds. The number of anilines is 1. The lowest BCUT2D eigenvalue weighted by molar-refractivity contribution is 0.281. The Kier molecular flexibility index (Phi) is 4.46. The van der Waals surface area contributed by atoms with Crippen molar-refractivity contribution in [2.75, 3.05) is 18.0 Å². The van der Waals surface area contributed by atoms with Gasteiger partial charge in [-0.3, -0.25) is 0 Å². The Labute approximate surface area is 116 Å². The van der Waals surface area contributed by atoms with Gasteiger partial charge in [0.1, 0.15) is 5.82 Å². The van der Waals surface area contributed by atoms with Gasteiger partial charge < -0.3 is 10.0 Å². The number of aryl methyl sites for hydroxylation is 1. The normalized spacial score (nSPS) is 19.3. The first-order valence-electron chi connectivity index (χ1n) is 7.40. The van der Waals surface area contributed by atoms with E-state index in [4.69, 9.17) is 4.98 Å². The molecule has 106 valence electrons. The predicted molar refractivity (Wildman–Crippen MR) is 79.4 cm³/mol. The van der Waals surface area contributed by atoms with E-state index in [1.807, 2.05) is 12.1 Å². The molecule has 0 aliphatic carbocycles. The molecule has 3 heteroatoms. The first kappa shape index (κ1) is 14.3. The van der Waals surface area contributed by atoms with Crippen LogP contribution >= 0.6 is 0 Å². The van der Waals surface area contributed by atoms with Crippen LogP contribution in [0.15, 0.2) is 12.1 Å². The van der Waals surface area contributed by atoms with Crippen molar-refractivity contribution in [1.29, 1.82) is 0 Å². The lowest BCUT2D eigenvalue weighted by Crippen LogP contribution is -2.26. The van der Waals surface area contributed by atoms with E-state index in [1.54, 1.807) is 0 Å². The quantitative estimate of drug-likeness (QED) is 0.909. The lowest BCUT2D eigenvalue weighted by Gasteiger charge is -2.24. The van der Waals surface area contributed by atoms with E-state index in [-0.39, 0.29) is 6.61 Å². The maximum absolute atomic E-state index is 9.37. The molecule has 19 heavy (non-hydrogen) atoms. The molecule has 1 aliphatic rings. The number of hydrogen-bond acceptors (Lipinski definition) is 3. The second-order valence-corrected chi connectivity index (χ2v) is 6.34. The highest BCUT2D eigenvalue weighted by molar-refractivity contribution is 5.43. The maximum atomic E-state index is 9.37. The van der Waals surface area contributed by atoms with Crippen LogP contribution in [-0.4, -0.2) is 23.2 Å². The molecule has 1 N–H and O–H groups in total. The van der Waals surface area contributed by atoms with Gasteiger partial charge in [-0.1, -0.05) is 20.8 Å². The monoisotopic (exact) mass is 262 g/mol. The van der Waals surface area contributed by atoms with Crippen LogP contribution in [0.25, 0.3) is 0 Å². The Hall–Kier alpha value is -1.09. The number of hydrogen-bond donors (Lipinski definition) is 1. The van der Waals surface area contributed by atoms with Crippen molar-refractivity contribution < 1.29 is 5.11 Å². The fraction of sp³-hybridized carbons (Fsp3) is 0.688. The van der Waals surface area contributed by atoms with E-state index >= 15 is 0 Å². The van der Waals surface area contributed by atoms with Crippen LogP contribution in [0.5, 0.6) is 0 Å². The summed E-state index contributed by atoms with van der Waals surface area (Å²) in [7, 11) is 0. The van der Waals surface area contributed by atoms with Gasteiger partial charge >= 0.3 is 0 Å². The highest BCUT2D eigenvalue weighted by Gasteiger charge is 2.23. The number of nitrogens with zero attached hydrogens (tertiary/aromatic N) is 2. The maximum Gasteiger partial charge on any atom is 0.129 e. The average molecular weight is 262 g/mol. The standard InChI is InChI=1S/C16H26N2O/c1-4-14-10-13(12-19)11-15(17-14)18-8-5-6-16(2,3)7-9-18/h10-11,19H,4-9,12H2,1-3H3. The van der Waals surface area contributed by atoms with Crippen LogP contribution < -0.4 is 4.90 Å². The summed E-state index contributed by atoms with van der Waals surface area (Å²) in [4.78, 5) is 7.11. The van der Waals surface area contributed by atoms with E-state index < -0.39 is 0 Å². The van der Waals surface area contributed by atoms with Gasteiger partial charge in [-0.15, -0.1) is 0 Å². The van der Waals surface area contributed by atoms with Gasteiger partial charge in [-0.2, -0.15) is 0 Å². The number of pyridine rings is 1. The number of aliphatic hydroxyl groups is 1. The molecule has 0 atom stereocenters. The smallest absolute Gasteiger partial charge is 0.129 e. The third-order valence-electron chi connectivity index (χ3n) is 4.13. The highest BCUT2D eigenvalue weighted by atomic mass is 16.3. The Balaban J connectivity index is 2.21. The van der Waals surface area contributed by atoms with Crippen molar-refractivity contribution in [1.82, 2.24) is 4.98 Å².